The van der Waals surface area contributed by atoms with Crippen molar-refractivity contribution >= 4 is 21.4 Å². The lowest BCUT2D eigenvalue weighted by molar-refractivity contribution is -0.137. The SMILES string of the molecule is CC1(c2cc(N)ccc2F)CS(=O)(=O)C(C)(c2cccc(C(F)(F)F)c2)C(N)=N1. The number of amidine groups is 1. The fourth-order valence-corrected chi connectivity index (χ4v) is 5.59. The number of halogens is 4. The van der Waals surface area contributed by atoms with Gasteiger partial charge in [-0.1, -0.05) is 12.1 Å². The highest BCUT2D eigenvalue weighted by Crippen LogP contribution is 2.44. The molecule has 0 radical (unpaired) electrons. The normalized spacial score (nSPS) is 26.8. The standard InChI is InChI=1S/C19H19F4N3O2S/c1-17(14-9-13(24)6-7-15(14)20)10-29(27,28)18(2,16(25)26-17)11-4-3-5-12(8-11)19(21,22)23/h3-9H,10,24H2,1-2H3,(H2,25,26). The molecule has 2 aromatic carbocycles. The first-order chi connectivity index (χ1) is 13.2. The maximum atomic E-state index is 14.4. The molecule has 3 rings (SSSR count). The van der Waals surface area contributed by atoms with Crippen molar-refractivity contribution in [2.24, 2.45) is 10.7 Å². The molecule has 29 heavy (non-hydrogen) atoms. The molecule has 1 aliphatic rings. The molecule has 0 amide bonds. The van der Waals surface area contributed by atoms with E-state index in [0.29, 0.717) is 0 Å². The number of nitrogen functional groups attached to an aromatic ring is 1. The molecule has 0 aliphatic carbocycles. The molecule has 10 heteroatoms. The summed E-state index contributed by atoms with van der Waals surface area (Å²) in [5.41, 5.74) is 9.11. The molecule has 1 heterocycles. The minimum Gasteiger partial charge on any atom is -0.399 e. The average Bonchev–Trinajstić information content (AvgIpc) is 2.60. The third kappa shape index (κ3) is 3.35. The Bertz CT molecular complexity index is 1110. The highest BCUT2D eigenvalue weighted by molar-refractivity contribution is 7.93. The number of rotatable bonds is 2. The first-order valence-corrected chi connectivity index (χ1v) is 10.2. The lowest BCUT2D eigenvalue weighted by Gasteiger charge is -2.40. The van der Waals surface area contributed by atoms with E-state index in [9.17, 15) is 26.0 Å². The van der Waals surface area contributed by atoms with Gasteiger partial charge in [0.1, 0.15) is 17.2 Å². The van der Waals surface area contributed by atoms with E-state index in [1.165, 1.54) is 32.0 Å². The third-order valence-corrected chi connectivity index (χ3v) is 7.89. The maximum absolute atomic E-state index is 14.4. The van der Waals surface area contributed by atoms with Gasteiger partial charge in [0.05, 0.1) is 11.3 Å². The molecule has 0 aromatic heterocycles. The average molecular weight is 429 g/mol. The second-order valence-electron chi connectivity index (χ2n) is 7.38. The van der Waals surface area contributed by atoms with Crippen LogP contribution in [0.25, 0.3) is 0 Å². The highest BCUT2D eigenvalue weighted by Gasteiger charge is 2.53. The molecular formula is C19H19F4N3O2S. The molecular weight excluding hydrogens is 410 g/mol. The van der Waals surface area contributed by atoms with Gasteiger partial charge >= 0.3 is 6.18 Å². The van der Waals surface area contributed by atoms with Gasteiger partial charge in [0.25, 0.3) is 0 Å². The van der Waals surface area contributed by atoms with Crippen molar-refractivity contribution in [1.29, 1.82) is 0 Å². The van der Waals surface area contributed by atoms with Crippen LogP contribution in [0.3, 0.4) is 0 Å². The van der Waals surface area contributed by atoms with Crippen molar-refractivity contribution in [2.45, 2.75) is 30.3 Å². The van der Waals surface area contributed by atoms with Crippen LogP contribution < -0.4 is 11.5 Å². The van der Waals surface area contributed by atoms with Gasteiger partial charge in [-0.25, -0.2) is 12.8 Å². The fourth-order valence-electron chi connectivity index (χ4n) is 3.49. The van der Waals surface area contributed by atoms with Crippen LogP contribution in [0, 0.1) is 5.82 Å². The summed E-state index contributed by atoms with van der Waals surface area (Å²) in [5.74, 6) is -1.79. The zero-order valence-electron chi connectivity index (χ0n) is 15.6. The summed E-state index contributed by atoms with van der Waals surface area (Å²) in [6.07, 6.45) is -4.66. The van der Waals surface area contributed by atoms with Gasteiger partial charge < -0.3 is 11.5 Å². The third-order valence-electron chi connectivity index (χ3n) is 5.26. The van der Waals surface area contributed by atoms with E-state index < -0.39 is 49.3 Å². The molecule has 0 saturated carbocycles. The van der Waals surface area contributed by atoms with Crippen molar-refractivity contribution in [1.82, 2.24) is 0 Å². The number of nitrogens with zero attached hydrogens (tertiary/aromatic N) is 1. The van der Waals surface area contributed by atoms with Gasteiger partial charge in [-0.15, -0.1) is 0 Å². The lowest BCUT2D eigenvalue weighted by atomic mass is 9.91. The van der Waals surface area contributed by atoms with Crippen molar-refractivity contribution in [3.8, 4) is 0 Å². The van der Waals surface area contributed by atoms with E-state index in [2.05, 4.69) is 4.99 Å². The molecule has 0 saturated heterocycles. The second-order valence-corrected chi connectivity index (χ2v) is 9.72. The predicted octanol–water partition coefficient (Wildman–Crippen LogP) is 3.34. The van der Waals surface area contributed by atoms with Gasteiger partial charge in [0.15, 0.2) is 14.6 Å². The van der Waals surface area contributed by atoms with Crippen molar-refractivity contribution in [3.63, 3.8) is 0 Å². The Hall–Kier alpha value is -2.62. The van der Waals surface area contributed by atoms with Crippen LogP contribution in [0.5, 0.6) is 0 Å². The molecule has 4 N–H and O–H groups in total. The van der Waals surface area contributed by atoms with Crippen LogP contribution in [0.4, 0.5) is 23.2 Å². The zero-order valence-corrected chi connectivity index (χ0v) is 16.4. The Balaban J connectivity index is 2.22. The van der Waals surface area contributed by atoms with Gasteiger partial charge in [-0.3, -0.25) is 4.99 Å². The van der Waals surface area contributed by atoms with Gasteiger partial charge in [0.2, 0.25) is 0 Å². The number of benzene rings is 2. The van der Waals surface area contributed by atoms with Crippen molar-refractivity contribution in [2.75, 3.05) is 11.5 Å². The quantitative estimate of drug-likeness (QED) is 0.565. The fraction of sp³-hybridized carbons (Fsp3) is 0.316. The van der Waals surface area contributed by atoms with Gasteiger partial charge in [0, 0.05) is 11.3 Å². The van der Waals surface area contributed by atoms with Gasteiger partial charge in [-0.2, -0.15) is 13.2 Å². The highest BCUT2D eigenvalue weighted by atomic mass is 32.2. The molecule has 156 valence electrons. The lowest BCUT2D eigenvalue weighted by Crippen LogP contribution is -2.54. The van der Waals surface area contributed by atoms with Crippen molar-refractivity contribution in [3.05, 3.63) is 65.0 Å². The summed E-state index contributed by atoms with van der Waals surface area (Å²) in [6, 6.07) is 7.62. The first-order valence-electron chi connectivity index (χ1n) is 8.52. The summed E-state index contributed by atoms with van der Waals surface area (Å²) in [7, 11) is -4.20. The minimum absolute atomic E-state index is 0.0601. The summed E-state index contributed by atoms with van der Waals surface area (Å²) < 4.78 is 78.3. The van der Waals surface area contributed by atoms with E-state index in [4.69, 9.17) is 11.5 Å². The number of anilines is 1. The van der Waals surface area contributed by atoms with Crippen LogP contribution in [-0.4, -0.2) is 20.0 Å². The van der Waals surface area contributed by atoms with Crippen LogP contribution in [-0.2, 0) is 26.3 Å². The first kappa shape index (κ1) is 21.1. The van der Waals surface area contributed by atoms with Crippen LogP contribution in [0.2, 0.25) is 0 Å². The topological polar surface area (TPSA) is 98.5 Å². The summed E-state index contributed by atoms with van der Waals surface area (Å²) in [6.45, 7) is 2.59. The molecule has 2 unspecified atom stereocenters. The predicted molar refractivity (Wildman–Crippen MR) is 102 cm³/mol. The number of hydrogen-bond donors (Lipinski definition) is 2. The largest absolute Gasteiger partial charge is 0.416 e. The summed E-state index contributed by atoms with van der Waals surface area (Å²) >= 11 is 0. The summed E-state index contributed by atoms with van der Waals surface area (Å²) in [5, 5.41) is 0. The Morgan fingerprint density at radius 1 is 1.07 bits per heavy atom. The minimum atomic E-state index is -4.66. The Morgan fingerprint density at radius 2 is 1.72 bits per heavy atom. The smallest absolute Gasteiger partial charge is 0.399 e. The maximum Gasteiger partial charge on any atom is 0.416 e. The molecule has 5 nitrogen and oxygen atoms in total. The summed E-state index contributed by atoms with van der Waals surface area (Å²) in [4.78, 5) is 4.24. The van der Waals surface area contributed by atoms with Gasteiger partial charge in [-0.05, 0) is 49.7 Å². The number of sulfone groups is 1. The molecule has 0 fully saturated rings. The second kappa shape index (κ2) is 6.45. The Kier molecular flexibility index (Phi) is 4.69. The monoisotopic (exact) mass is 429 g/mol. The molecule has 1 aliphatic heterocycles. The van der Waals surface area contributed by atoms with E-state index in [0.717, 1.165) is 24.3 Å². The number of nitrogens with two attached hydrogens (primary N) is 2. The Morgan fingerprint density at radius 3 is 2.31 bits per heavy atom. The van der Waals surface area contributed by atoms with E-state index >= 15 is 0 Å². The number of alkyl halides is 3. The van der Waals surface area contributed by atoms with E-state index in [1.807, 2.05) is 0 Å². The van der Waals surface area contributed by atoms with Crippen LogP contribution >= 0.6 is 0 Å². The molecule has 2 aromatic rings. The zero-order chi connectivity index (χ0) is 21.8. The molecule has 0 spiro atoms. The Labute approximate surface area is 165 Å². The van der Waals surface area contributed by atoms with E-state index in [1.54, 1.807) is 0 Å². The number of hydrogen-bond acceptors (Lipinski definition) is 5. The van der Waals surface area contributed by atoms with E-state index in [-0.39, 0.29) is 16.8 Å². The number of aliphatic imine (C=N–C) groups is 1. The molecule has 0 bridgehead atoms. The van der Waals surface area contributed by atoms with Crippen molar-refractivity contribution < 1.29 is 26.0 Å². The molecule has 2 atom stereocenters. The van der Waals surface area contributed by atoms with Crippen LogP contribution in [0.15, 0.2) is 47.5 Å². The van der Waals surface area contributed by atoms with Crippen LogP contribution in [0.1, 0.15) is 30.5 Å².